The molecule has 0 saturated carbocycles. The van der Waals surface area contributed by atoms with Gasteiger partial charge in [-0.2, -0.15) is 15.1 Å². The zero-order valence-electron chi connectivity index (χ0n) is 13.3. The van der Waals surface area contributed by atoms with Crippen molar-refractivity contribution in [3.63, 3.8) is 0 Å². The molecule has 1 aliphatic heterocycles. The van der Waals surface area contributed by atoms with Crippen LogP contribution in [0.5, 0.6) is 0 Å². The molecule has 4 N–H and O–H groups in total. The third-order valence-electron chi connectivity index (χ3n) is 4.10. The molecule has 4 heterocycles. The standard InChI is InChI=1S/C15H19FN8/c1-2-24-8-10(6-19-24)21-15-22-13-12(11(16)7-18-13)14(23-15)20-9-3-4-17-5-9/h6-9,17H,2-5H2,1H3,(H3,18,20,21,22,23)/t9-/m1/s1. The zero-order valence-corrected chi connectivity index (χ0v) is 13.3. The molecule has 0 unspecified atom stereocenters. The Bertz CT molecular complexity index is 848. The van der Waals surface area contributed by atoms with E-state index in [2.05, 4.69) is 36.0 Å². The van der Waals surface area contributed by atoms with Crippen LogP contribution >= 0.6 is 0 Å². The van der Waals surface area contributed by atoms with Gasteiger partial charge in [-0.15, -0.1) is 0 Å². The van der Waals surface area contributed by atoms with Gasteiger partial charge in [-0.1, -0.05) is 0 Å². The highest BCUT2D eigenvalue weighted by Gasteiger charge is 2.19. The number of hydrogen-bond acceptors (Lipinski definition) is 6. The molecule has 1 saturated heterocycles. The number of fused-ring (bicyclic) bond motifs is 1. The minimum absolute atomic E-state index is 0.230. The van der Waals surface area contributed by atoms with Crippen LogP contribution < -0.4 is 16.0 Å². The average molecular weight is 330 g/mol. The van der Waals surface area contributed by atoms with Crippen LogP contribution in [0.15, 0.2) is 18.6 Å². The highest BCUT2D eigenvalue weighted by molar-refractivity contribution is 5.89. The number of aromatic amines is 1. The molecule has 0 aromatic carbocycles. The topological polar surface area (TPSA) is 95.5 Å². The predicted molar refractivity (Wildman–Crippen MR) is 89.9 cm³/mol. The van der Waals surface area contributed by atoms with Gasteiger partial charge in [-0.3, -0.25) is 4.68 Å². The maximum absolute atomic E-state index is 14.1. The second-order valence-electron chi connectivity index (χ2n) is 5.80. The van der Waals surface area contributed by atoms with Crippen LogP contribution in [0, 0.1) is 5.82 Å². The third-order valence-corrected chi connectivity index (χ3v) is 4.10. The predicted octanol–water partition coefficient (Wildman–Crippen LogP) is 1.83. The largest absolute Gasteiger partial charge is 0.365 e. The van der Waals surface area contributed by atoms with E-state index >= 15 is 0 Å². The fraction of sp³-hybridized carbons (Fsp3) is 0.400. The summed E-state index contributed by atoms with van der Waals surface area (Å²) in [6.45, 7) is 4.58. The molecule has 1 aliphatic rings. The maximum Gasteiger partial charge on any atom is 0.231 e. The van der Waals surface area contributed by atoms with E-state index in [0.29, 0.717) is 22.8 Å². The molecule has 0 bridgehead atoms. The Balaban J connectivity index is 1.67. The summed E-state index contributed by atoms with van der Waals surface area (Å²) >= 11 is 0. The average Bonchev–Trinajstić information content (AvgIpc) is 3.30. The quantitative estimate of drug-likeness (QED) is 0.570. The van der Waals surface area contributed by atoms with E-state index in [0.717, 1.165) is 31.7 Å². The van der Waals surface area contributed by atoms with Gasteiger partial charge in [0.1, 0.15) is 11.5 Å². The van der Waals surface area contributed by atoms with Crippen LogP contribution in [0.2, 0.25) is 0 Å². The summed E-state index contributed by atoms with van der Waals surface area (Å²) in [4.78, 5) is 11.7. The van der Waals surface area contributed by atoms with E-state index < -0.39 is 0 Å². The molecule has 9 heteroatoms. The lowest BCUT2D eigenvalue weighted by Crippen LogP contribution is -2.23. The van der Waals surface area contributed by atoms with Crippen LogP contribution in [0.25, 0.3) is 11.0 Å². The van der Waals surface area contributed by atoms with Gasteiger partial charge in [0.2, 0.25) is 5.95 Å². The van der Waals surface area contributed by atoms with E-state index in [1.807, 2.05) is 13.1 Å². The van der Waals surface area contributed by atoms with Gasteiger partial charge in [0.15, 0.2) is 5.82 Å². The van der Waals surface area contributed by atoms with Gasteiger partial charge < -0.3 is 20.9 Å². The van der Waals surface area contributed by atoms with Crippen molar-refractivity contribution in [3.05, 3.63) is 24.4 Å². The molecule has 4 rings (SSSR count). The molecule has 8 nitrogen and oxygen atoms in total. The van der Waals surface area contributed by atoms with Gasteiger partial charge in [-0.05, 0) is 19.9 Å². The Morgan fingerprint density at radius 2 is 2.33 bits per heavy atom. The number of hydrogen-bond donors (Lipinski definition) is 4. The van der Waals surface area contributed by atoms with Crippen molar-refractivity contribution in [3.8, 4) is 0 Å². The summed E-state index contributed by atoms with van der Waals surface area (Å²) in [5.74, 6) is 0.537. The lowest BCUT2D eigenvalue weighted by atomic mass is 10.2. The zero-order chi connectivity index (χ0) is 16.5. The highest BCUT2D eigenvalue weighted by Crippen LogP contribution is 2.26. The number of anilines is 3. The van der Waals surface area contributed by atoms with E-state index in [4.69, 9.17) is 0 Å². The number of halogens is 1. The lowest BCUT2D eigenvalue weighted by molar-refractivity contribution is 0.639. The molecular weight excluding hydrogens is 311 g/mol. The number of H-pyrrole nitrogens is 1. The van der Waals surface area contributed by atoms with Crippen molar-refractivity contribution in [2.45, 2.75) is 25.9 Å². The molecule has 1 atom stereocenters. The lowest BCUT2D eigenvalue weighted by Gasteiger charge is -2.14. The smallest absolute Gasteiger partial charge is 0.231 e. The van der Waals surface area contributed by atoms with E-state index in [9.17, 15) is 4.39 Å². The van der Waals surface area contributed by atoms with Crippen molar-refractivity contribution >= 4 is 28.5 Å². The minimum atomic E-state index is -0.358. The molecule has 1 fully saturated rings. The number of aryl methyl sites for hydroxylation is 1. The van der Waals surface area contributed by atoms with Crippen LogP contribution in [0.4, 0.5) is 21.8 Å². The van der Waals surface area contributed by atoms with Crippen molar-refractivity contribution in [2.24, 2.45) is 0 Å². The maximum atomic E-state index is 14.1. The second kappa shape index (κ2) is 6.08. The second-order valence-corrected chi connectivity index (χ2v) is 5.80. The van der Waals surface area contributed by atoms with Gasteiger partial charge in [0.25, 0.3) is 0 Å². The monoisotopic (exact) mass is 330 g/mol. The Kier molecular flexibility index (Phi) is 3.77. The van der Waals surface area contributed by atoms with E-state index in [1.54, 1.807) is 10.9 Å². The Hall–Kier alpha value is -2.68. The fourth-order valence-electron chi connectivity index (χ4n) is 2.86. The first-order valence-corrected chi connectivity index (χ1v) is 8.04. The normalized spacial score (nSPS) is 17.5. The van der Waals surface area contributed by atoms with Crippen molar-refractivity contribution in [1.29, 1.82) is 0 Å². The minimum Gasteiger partial charge on any atom is -0.365 e. The highest BCUT2D eigenvalue weighted by atomic mass is 19.1. The summed E-state index contributed by atoms with van der Waals surface area (Å²) in [5.41, 5.74) is 1.25. The van der Waals surface area contributed by atoms with Gasteiger partial charge in [-0.25, -0.2) is 4.39 Å². The van der Waals surface area contributed by atoms with Crippen LogP contribution in [-0.2, 0) is 6.54 Å². The van der Waals surface area contributed by atoms with E-state index in [-0.39, 0.29) is 11.9 Å². The molecule has 0 amide bonds. The molecule has 24 heavy (non-hydrogen) atoms. The summed E-state index contributed by atoms with van der Waals surface area (Å²) in [6.07, 6.45) is 5.86. The fourth-order valence-corrected chi connectivity index (χ4v) is 2.86. The molecule has 126 valence electrons. The third kappa shape index (κ3) is 2.78. The summed E-state index contributed by atoms with van der Waals surface area (Å²) in [7, 11) is 0. The first kappa shape index (κ1) is 14.9. The number of nitrogens with one attached hydrogen (secondary N) is 4. The Morgan fingerprint density at radius 1 is 1.42 bits per heavy atom. The van der Waals surface area contributed by atoms with Crippen LogP contribution in [0.3, 0.4) is 0 Å². The van der Waals surface area contributed by atoms with E-state index in [1.165, 1.54) is 6.20 Å². The Labute approximate surface area is 137 Å². The number of nitrogens with zero attached hydrogens (tertiary/aromatic N) is 4. The Morgan fingerprint density at radius 3 is 3.08 bits per heavy atom. The van der Waals surface area contributed by atoms with Gasteiger partial charge in [0.05, 0.1) is 17.3 Å². The summed E-state index contributed by atoms with van der Waals surface area (Å²) in [6, 6.07) is 0.230. The van der Waals surface area contributed by atoms with Crippen LogP contribution in [-0.4, -0.2) is 43.9 Å². The number of rotatable bonds is 5. The van der Waals surface area contributed by atoms with Gasteiger partial charge >= 0.3 is 0 Å². The SMILES string of the molecule is CCn1cc(Nc2nc(N[C@@H]3CCNC3)c3c(F)c[nH]c3n2)cn1. The molecule has 3 aromatic heterocycles. The number of aromatic nitrogens is 5. The molecule has 0 radical (unpaired) electrons. The first-order valence-electron chi connectivity index (χ1n) is 8.04. The molecular formula is C15H19FN8. The van der Waals surface area contributed by atoms with Crippen molar-refractivity contribution in [1.82, 2.24) is 30.0 Å². The van der Waals surface area contributed by atoms with Crippen LogP contribution in [0.1, 0.15) is 13.3 Å². The molecule has 0 spiro atoms. The van der Waals surface area contributed by atoms with Gasteiger partial charge in [0, 0.05) is 31.5 Å². The summed E-state index contributed by atoms with van der Waals surface area (Å²) < 4.78 is 15.9. The van der Waals surface area contributed by atoms with Crippen molar-refractivity contribution in [2.75, 3.05) is 23.7 Å². The summed E-state index contributed by atoms with van der Waals surface area (Å²) in [5, 5.41) is 14.3. The first-order chi connectivity index (χ1) is 11.7. The molecule has 3 aromatic rings. The molecule has 0 aliphatic carbocycles. The van der Waals surface area contributed by atoms with Crippen molar-refractivity contribution < 1.29 is 4.39 Å².